The van der Waals surface area contributed by atoms with Crippen LogP contribution in [0.3, 0.4) is 0 Å². The molecule has 1 aliphatic heterocycles. The topological polar surface area (TPSA) is 75.6 Å². The summed E-state index contributed by atoms with van der Waals surface area (Å²) < 4.78 is 5.58. The number of rotatable bonds is 4. The number of hydrogen-bond acceptors (Lipinski definition) is 3. The van der Waals surface area contributed by atoms with Gasteiger partial charge in [0.1, 0.15) is 0 Å². The van der Waals surface area contributed by atoms with E-state index in [0.717, 1.165) is 38.7 Å². The van der Waals surface area contributed by atoms with E-state index >= 15 is 0 Å². The summed E-state index contributed by atoms with van der Waals surface area (Å²) in [7, 11) is 0. The van der Waals surface area contributed by atoms with Crippen LogP contribution in [-0.2, 0) is 14.3 Å². The molecule has 2 aliphatic carbocycles. The van der Waals surface area contributed by atoms with Crippen molar-refractivity contribution in [3.05, 3.63) is 0 Å². The van der Waals surface area contributed by atoms with Crippen LogP contribution in [0.4, 0.5) is 0 Å². The highest BCUT2D eigenvalue weighted by Gasteiger charge is 2.54. The predicted molar refractivity (Wildman–Crippen MR) is 72.0 cm³/mol. The largest absolute Gasteiger partial charge is 0.481 e. The number of fused-ring (bicyclic) bond motifs is 2. The van der Waals surface area contributed by atoms with E-state index in [1.54, 1.807) is 0 Å². The van der Waals surface area contributed by atoms with Gasteiger partial charge in [-0.15, -0.1) is 0 Å². The van der Waals surface area contributed by atoms with Gasteiger partial charge in [-0.2, -0.15) is 0 Å². The van der Waals surface area contributed by atoms with E-state index in [4.69, 9.17) is 4.74 Å². The van der Waals surface area contributed by atoms with Gasteiger partial charge in [-0.25, -0.2) is 0 Å². The molecule has 3 fully saturated rings. The Labute approximate surface area is 119 Å². The van der Waals surface area contributed by atoms with E-state index in [9.17, 15) is 14.7 Å². The summed E-state index contributed by atoms with van der Waals surface area (Å²) in [5.41, 5.74) is 0. The summed E-state index contributed by atoms with van der Waals surface area (Å²) in [6, 6.07) is -0.0291. The summed E-state index contributed by atoms with van der Waals surface area (Å²) >= 11 is 0. The minimum Gasteiger partial charge on any atom is -0.481 e. The van der Waals surface area contributed by atoms with Crippen molar-refractivity contribution in [2.45, 2.75) is 51.2 Å². The fourth-order valence-electron chi connectivity index (χ4n) is 4.43. The SMILES string of the molecule is C[C@@H](NC(=O)[C@@H]1[C@@H]2CC[C@@H](C2)[C@@H]1C(=O)O)[C@H]1CCCO1. The zero-order valence-electron chi connectivity index (χ0n) is 11.9. The van der Waals surface area contributed by atoms with Gasteiger partial charge >= 0.3 is 5.97 Å². The van der Waals surface area contributed by atoms with Gasteiger partial charge in [0.2, 0.25) is 5.91 Å². The predicted octanol–water partition coefficient (Wildman–Crippen LogP) is 1.42. The second kappa shape index (κ2) is 5.35. The van der Waals surface area contributed by atoms with E-state index in [0.29, 0.717) is 0 Å². The molecule has 0 spiro atoms. The van der Waals surface area contributed by atoms with Crippen LogP contribution in [0.25, 0.3) is 0 Å². The second-order valence-electron chi connectivity index (χ2n) is 6.57. The minimum absolute atomic E-state index is 0.0291. The Hall–Kier alpha value is -1.10. The van der Waals surface area contributed by atoms with Crippen LogP contribution in [-0.4, -0.2) is 35.7 Å². The lowest BCUT2D eigenvalue weighted by atomic mass is 9.78. The number of nitrogens with one attached hydrogen (secondary N) is 1. The van der Waals surface area contributed by atoms with Crippen molar-refractivity contribution in [1.29, 1.82) is 0 Å². The summed E-state index contributed by atoms with van der Waals surface area (Å²) in [6.45, 7) is 2.72. The average molecular weight is 281 g/mol. The van der Waals surface area contributed by atoms with Gasteiger partial charge in [0.25, 0.3) is 0 Å². The fraction of sp³-hybridized carbons (Fsp3) is 0.867. The van der Waals surface area contributed by atoms with Crippen molar-refractivity contribution in [2.24, 2.45) is 23.7 Å². The lowest BCUT2D eigenvalue weighted by Gasteiger charge is -2.29. The number of ether oxygens (including phenoxy) is 1. The van der Waals surface area contributed by atoms with Gasteiger partial charge < -0.3 is 15.2 Å². The Morgan fingerprint density at radius 3 is 2.50 bits per heavy atom. The standard InChI is InChI=1S/C15H23NO4/c1-8(11-3-2-6-20-11)16-14(17)12-9-4-5-10(7-9)13(12)15(18)19/h8-13H,2-7H2,1H3,(H,16,17)(H,18,19)/t8-,9-,10+,11-,12-,13+/m1/s1. The molecule has 0 unspecified atom stereocenters. The first kappa shape index (κ1) is 13.9. The normalized spacial score (nSPS) is 40.8. The van der Waals surface area contributed by atoms with Crippen molar-refractivity contribution in [2.75, 3.05) is 6.61 Å². The number of carbonyl (C=O) groups excluding carboxylic acids is 1. The number of carboxylic acid groups (broad SMARTS) is 1. The Bertz CT molecular complexity index is 405. The smallest absolute Gasteiger partial charge is 0.307 e. The second-order valence-corrected chi connectivity index (χ2v) is 6.57. The zero-order chi connectivity index (χ0) is 14.3. The number of carboxylic acids is 1. The molecule has 0 radical (unpaired) electrons. The molecule has 112 valence electrons. The summed E-state index contributed by atoms with van der Waals surface area (Å²) in [4.78, 5) is 23.9. The quantitative estimate of drug-likeness (QED) is 0.817. The van der Waals surface area contributed by atoms with Crippen LogP contribution in [0.5, 0.6) is 0 Å². The van der Waals surface area contributed by atoms with Crippen molar-refractivity contribution in [3.8, 4) is 0 Å². The van der Waals surface area contributed by atoms with E-state index in [2.05, 4.69) is 5.32 Å². The van der Waals surface area contributed by atoms with E-state index in [1.807, 2.05) is 6.92 Å². The number of amides is 1. The van der Waals surface area contributed by atoms with Crippen molar-refractivity contribution >= 4 is 11.9 Å². The molecule has 2 N–H and O–H groups in total. The van der Waals surface area contributed by atoms with Gasteiger partial charge in [-0.3, -0.25) is 9.59 Å². The Morgan fingerprint density at radius 1 is 1.20 bits per heavy atom. The molecule has 3 rings (SSSR count). The molecule has 1 heterocycles. The van der Waals surface area contributed by atoms with Gasteiger partial charge in [-0.05, 0) is 50.9 Å². The molecule has 3 aliphatic rings. The molecule has 6 atom stereocenters. The maximum Gasteiger partial charge on any atom is 0.307 e. The molecular formula is C15H23NO4. The van der Waals surface area contributed by atoms with Gasteiger partial charge in [0, 0.05) is 6.61 Å². The fourth-order valence-corrected chi connectivity index (χ4v) is 4.43. The molecular weight excluding hydrogens is 258 g/mol. The van der Waals surface area contributed by atoms with Gasteiger partial charge in [0.05, 0.1) is 24.0 Å². The highest BCUT2D eigenvalue weighted by atomic mass is 16.5. The third kappa shape index (κ3) is 2.32. The first-order valence-corrected chi connectivity index (χ1v) is 7.72. The molecule has 1 saturated heterocycles. The maximum atomic E-state index is 12.5. The summed E-state index contributed by atoms with van der Waals surface area (Å²) in [5.74, 6) is -1.24. The molecule has 1 amide bonds. The summed E-state index contributed by atoms with van der Waals surface area (Å²) in [5, 5.41) is 12.4. The number of hydrogen-bond donors (Lipinski definition) is 2. The van der Waals surface area contributed by atoms with Gasteiger partial charge in [0.15, 0.2) is 0 Å². The molecule has 5 heteroatoms. The highest BCUT2D eigenvalue weighted by Crippen LogP contribution is 2.52. The van der Waals surface area contributed by atoms with E-state index < -0.39 is 11.9 Å². The Morgan fingerprint density at radius 2 is 1.90 bits per heavy atom. The van der Waals surface area contributed by atoms with Crippen LogP contribution >= 0.6 is 0 Å². The van der Waals surface area contributed by atoms with E-state index in [-0.39, 0.29) is 35.8 Å². The van der Waals surface area contributed by atoms with Crippen molar-refractivity contribution < 1.29 is 19.4 Å². The third-order valence-electron chi connectivity index (χ3n) is 5.40. The first-order chi connectivity index (χ1) is 9.58. The highest BCUT2D eigenvalue weighted by molar-refractivity contribution is 5.86. The monoisotopic (exact) mass is 281 g/mol. The van der Waals surface area contributed by atoms with Crippen LogP contribution < -0.4 is 5.32 Å². The van der Waals surface area contributed by atoms with E-state index in [1.165, 1.54) is 0 Å². The molecule has 5 nitrogen and oxygen atoms in total. The molecule has 2 bridgehead atoms. The Balaban J connectivity index is 1.65. The Kier molecular flexibility index (Phi) is 3.71. The van der Waals surface area contributed by atoms with Crippen LogP contribution in [0, 0.1) is 23.7 Å². The summed E-state index contributed by atoms with van der Waals surface area (Å²) in [6.07, 6.45) is 4.97. The molecule has 20 heavy (non-hydrogen) atoms. The molecule has 0 aromatic rings. The van der Waals surface area contributed by atoms with Crippen LogP contribution in [0.15, 0.2) is 0 Å². The first-order valence-electron chi connectivity index (χ1n) is 7.72. The third-order valence-corrected chi connectivity index (χ3v) is 5.40. The lowest BCUT2D eigenvalue weighted by molar-refractivity contribution is -0.149. The molecule has 0 aromatic heterocycles. The number of aliphatic carboxylic acids is 1. The zero-order valence-corrected chi connectivity index (χ0v) is 11.9. The van der Waals surface area contributed by atoms with Crippen LogP contribution in [0.1, 0.15) is 39.0 Å². The van der Waals surface area contributed by atoms with Gasteiger partial charge in [-0.1, -0.05) is 0 Å². The van der Waals surface area contributed by atoms with Crippen molar-refractivity contribution in [1.82, 2.24) is 5.32 Å². The number of carbonyl (C=O) groups is 2. The molecule has 2 saturated carbocycles. The van der Waals surface area contributed by atoms with Crippen molar-refractivity contribution in [3.63, 3.8) is 0 Å². The maximum absolute atomic E-state index is 12.5. The van der Waals surface area contributed by atoms with Crippen LogP contribution in [0.2, 0.25) is 0 Å². The average Bonchev–Trinajstić information content (AvgIpc) is 3.13. The lowest BCUT2D eigenvalue weighted by Crippen LogP contribution is -2.47. The minimum atomic E-state index is -0.804. The molecule has 0 aromatic carbocycles.